The van der Waals surface area contributed by atoms with E-state index in [0.717, 1.165) is 17.5 Å². The molecule has 1 unspecified atom stereocenters. The van der Waals surface area contributed by atoms with Crippen LogP contribution >= 0.6 is 11.8 Å². The first-order valence-corrected chi connectivity index (χ1v) is 8.44. The molecule has 0 saturated carbocycles. The van der Waals surface area contributed by atoms with Crippen LogP contribution in [0.2, 0.25) is 0 Å². The van der Waals surface area contributed by atoms with Gasteiger partial charge in [0.2, 0.25) is 17.6 Å². The minimum absolute atomic E-state index is 0.0468. The van der Waals surface area contributed by atoms with Crippen LogP contribution in [-0.2, 0) is 10.5 Å². The molecule has 22 heavy (non-hydrogen) atoms. The van der Waals surface area contributed by atoms with Gasteiger partial charge in [-0.2, -0.15) is 4.98 Å². The molecule has 0 bridgehead atoms. The van der Waals surface area contributed by atoms with E-state index < -0.39 is 0 Å². The lowest BCUT2D eigenvalue weighted by Gasteiger charge is -2.09. The number of benzene rings is 1. The first-order valence-electron chi connectivity index (χ1n) is 7.39. The lowest BCUT2D eigenvalue weighted by atomic mass is 10.1. The highest BCUT2D eigenvalue weighted by Gasteiger charge is 2.16. The van der Waals surface area contributed by atoms with Gasteiger partial charge in [0, 0.05) is 12.1 Å². The standard InChI is InChI=1S/C16H21N3O2S/c1-4-9-17-16(20)12(3)22-10-14-18-15(19-21-14)13-8-6-5-7-11(13)2/h5-8,12H,4,9-10H2,1-3H3,(H,17,20). The van der Waals surface area contributed by atoms with Crippen molar-refractivity contribution in [3.8, 4) is 11.4 Å². The van der Waals surface area contributed by atoms with Crippen molar-refractivity contribution >= 4 is 17.7 Å². The van der Waals surface area contributed by atoms with Gasteiger partial charge in [-0.25, -0.2) is 0 Å². The van der Waals surface area contributed by atoms with Gasteiger partial charge in [0.25, 0.3) is 0 Å². The topological polar surface area (TPSA) is 68.0 Å². The molecule has 0 aliphatic rings. The van der Waals surface area contributed by atoms with Crippen LogP contribution < -0.4 is 5.32 Å². The number of thioether (sulfide) groups is 1. The maximum Gasteiger partial charge on any atom is 0.236 e. The van der Waals surface area contributed by atoms with E-state index in [1.807, 2.05) is 45.0 Å². The second-order valence-corrected chi connectivity index (χ2v) is 6.40. The Bertz CT molecular complexity index is 627. The van der Waals surface area contributed by atoms with E-state index in [2.05, 4.69) is 15.5 Å². The summed E-state index contributed by atoms with van der Waals surface area (Å²) in [5.74, 6) is 1.71. The van der Waals surface area contributed by atoms with Crippen molar-refractivity contribution in [1.82, 2.24) is 15.5 Å². The smallest absolute Gasteiger partial charge is 0.236 e. The SMILES string of the molecule is CCCNC(=O)C(C)SCc1nc(-c2ccccc2C)no1. The van der Waals surface area contributed by atoms with Crippen molar-refractivity contribution in [1.29, 1.82) is 0 Å². The van der Waals surface area contributed by atoms with Gasteiger partial charge in [-0.1, -0.05) is 36.3 Å². The summed E-state index contributed by atoms with van der Waals surface area (Å²) in [5, 5.41) is 6.76. The van der Waals surface area contributed by atoms with E-state index in [1.54, 1.807) is 0 Å². The molecule has 5 nitrogen and oxygen atoms in total. The third-order valence-corrected chi connectivity index (χ3v) is 4.36. The molecule has 6 heteroatoms. The second-order valence-electron chi connectivity index (χ2n) is 5.07. The minimum Gasteiger partial charge on any atom is -0.355 e. The normalized spacial score (nSPS) is 12.1. The Morgan fingerprint density at radius 3 is 2.91 bits per heavy atom. The van der Waals surface area contributed by atoms with Crippen molar-refractivity contribution in [2.45, 2.75) is 38.2 Å². The Balaban J connectivity index is 1.93. The molecule has 0 aliphatic heterocycles. The predicted octanol–water partition coefficient (Wildman–Crippen LogP) is 3.19. The number of aryl methyl sites for hydroxylation is 1. The first-order chi connectivity index (χ1) is 10.6. The third-order valence-electron chi connectivity index (χ3n) is 3.23. The van der Waals surface area contributed by atoms with E-state index >= 15 is 0 Å². The molecule has 2 rings (SSSR count). The zero-order valence-corrected chi connectivity index (χ0v) is 13.9. The number of aromatic nitrogens is 2. The average molecular weight is 319 g/mol. The predicted molar refractivity (Wildman–Crippen MR) is 88.5 cm³/mol. The highest BCUT2D eigenvalue weighted by Crippen LogP contribution is 2.22. The van der Waals surface area contributed by atoms with Crippen molar-refractivity contribution in [2.75, 3.05) is 6.54 Å². The van der Waals surface area contributed by atoms with Crippen molar-refractivity contribution in [3.05, 3.63) is 35.7 Å². The average Bonchev–Trinajstić information content (AvgIpc) is 2.99. The maximum absolute atomic E-state index is 11.8. The molecule has 1 aromatic heterocycles. The fraction of sp³-hybridized carbons (Fsp3) is 0.438. The number of rotatable bonds is 7. The molecular formula is C16H21N3O2S. The largest absolute Gasteiger partial charge is 0.355 e. The summed E-state index contributed by atoms with van der Waals surface area (Å²) in [6, 6.07) is 7.91. The first kappa shape index (κ1) is 16.5. The van der Waals surface area contributed by atoms with E-state index in [9.17, 15) is 4.79 Å². The highest BCUT2D eigenvalue weighted by atomic mass is 32.2. The Morgan fingerprint density at radius 2 is 2.18 bits per heavy atom. The summed E-state index contributed by atoms with van der Waals surface area (Å²) in [5.41, 5.74) is 2.08. The fourth-order valence-electron chi connectivity index (χ4n) is 1.91. The molecule has 1 atom stereocenters. The quantitative estimate of drug-likeness (QED) is 0.849. The lowest BCUT2D eigenvalue weighted by Crippen LogP contribution is -2.31. The molecule has 1 amide bonds. The Morgan fingerprint density at radius 1 is 1.41 bits per heavy atom. The molecule has 0 fully saturated rings. The molecule has 2 aromatic rings. The number of carbonyl (C=O) groups is 1. The van der Waals surface area contributed by atoms with Crippen LogP contribution in [0.25, 0.3) is 11.4 Å². The van der Waals surface area contributed by atoms with Crippen LogP contribution in [0.3, 0.4) is 0 Å². The van der Waals surface area contributed by atoms with E-state index in [4.69, 9.17) is 4.52 Å². The van der Waals surface area contributed by atoms with E-state index in [0.29, 0.717) is 24.0 Å². The van der Waals surface area contributed by atoms with Gasteiger partial charge < -0.3 is 9.84 Å². The Labute approximate surface area is 134 Å². The van der Waals surface area contributed by atoms with E-state index in [-0.39, 0.29) is 11.2 Å². The zero-order valence-electron chi connectivity index (χ0n) is 13.1. The zero-order chi connectivity index (χ0) is 15.9. The second kappa shape index (κ2) is 7.98. The van der Waals surface area contributed by atoms with Crippen LogP contribution in [0.4, 0.5) is 0 Å². The van der Waals surface area contributed by atoms with Gasteiger partial charge in [-0.3, -0.25) is 4.79 Å². The monoisotopic (exact) mass is 319 g/mol. The molecule has 0 radical (unpaired) electrons. The van der Waals surface area contributed by atoms with Crippen molar-refractivity contribution in [2.24, 2.45) is 0 Å². The molecule has 0 aliphatic carbocycles. The summed E-state index contributed by atoms with van der Waals surface area (Å²) in [7, 11) is 0. The molecule has 0 spiro atoms. The summed E-state index contributed by atoms with van der Waals surface area (Å²) < 4.78 is 5.27. The van der Waals surface area contributed by atoms with Gasteiger partial charge in [-0.05, 0) is 25.8 Å². The fourth-order valence-corrected chi connectivity index (χ4v) is 2.66. The number of carbonyl (C=O) groups excluding carboxylic acids is 1. The molecule has 118 valence electrons. The Hall–Kier alpha value is -1.82. The van der Waals surface area contributed by atoms with Crippen LogP contribution in [0, 0.1) is 6.92 Å². The van der Waals surface area contributed by atoms with Gasteiger partial charge in [0.15, 0.2) is 0 Å². The number of amides is 1. The van der Waals surface area contributed by atoms with Crippen molar-refractivity contribution in [3.63, 3.8) is 0 Å². The van der Waals surface area contributed by atoms with Gasteiger partial charge in [0.1, 0.15) is 0 Å². The molecule has 1 heterocycles. The molecule has 1 N–H and O–H groups in total. The summed E-state index contributed by atoms with van der Waals surface area (Å²) in [6.45, 7) is 6.64. The number of hydrogen-bond acceptors (Lipinski definition) is 5. The van der Waals surface area contributed by atoms with Crippen LogP contribution in [0.5, 0.6) is 0 Å². The van der Waals surface area contributed by atoms with E-state index in [1.165, 1.54) is 11.8 Å². The Kier molecular flexibility index (Phi) is 6.00. The molecular weight excluding hydrogens is 298 g/mol. The molecule has 1 aromatic carbocycles. The lowest BCUT2D eigenvalue weighted by molar-refractivity contribution is -0.120. The highest BCUT2D eigenvalue weighted by molar-refractivity contribution is 7.99. The number of nitrogens with one attached hydrogen (secondary N) is 1. The maximum atomic E-state index is 11.8. The third kappa shape index (κ3) is 4.34. The number of hydrogen-bond donors (Lipinski definition) is 1. The van der Waals surface area contributed by atoms with Gasteiger partial charge in [-0.15, -0.1) is 11.8 Å². The van der Waals surface area contributed by atoms with Crippen LogP contribution in [0.1, 0.15) is 31.7 Å². The minimum atomic E-state index is -0.139. The van der Waals surface area contributed by atoms with Gasteiger partial charge >= 0.3 is 0 Å². The summed E-state index contributed by atoms with van der Waals surface area (Å²) in [4.78, 5) is 16.2. The summed E-state index contributed by atoms with van der Waals surface area (Å²) >= 11 is 1.49. The molecule has 0 saturated heterocycles. The van der Waals surface area contributed by atoms with Crippen molar-refractivity contribution < 1.29 is 9.32 Å². The van der Waals surface area contributed by atoms with Crippen LogP contribution in [0.15, 0.2) is 28.8 Å². The number of nitrogens with zero attached hydrogens (tertiary/aromatic N) is 2. The summed E-state index contributed by atoms with van der Waals surface area (Å²) in [6.07, 6.45) is 0.937. The van der Waals surface area contributed by atoms with Crippen LogP contribution in [-0.4, -0.2) is 27.8 Å². The van der Waals surface area contributed by atoms with Gasteiger partial charge in [0.05, 0.1) is 11.0 Å².